The van der Waals surface area contributed by atoms with Crippen LogP contribution in [-0.2, 0) is 4.79 Å². The quantitative estimate of drug-likeness (QED) is 0.435. The number of fused-ring (bicyclic) bond motifs is 6. The average molecular weight is 520 g/mol. The van der Waals surface area contributed by atoms with Crippen molar-refractivity contribution in [1.82, 2.24) is 14.5 Å². The molecule has 1 aromatic carbocycles. The van der Waals surface area contributed by atoms with E-state index in [2.05, 4.69) is 19.1 Å². The molecule has 9 heteroatoms. The monoisotopic (exact) mass is 519 g/mol. The number of nitrogens with zero attached hydrogens (tertiary/aromatic N) is 3. The van der Waals surface area contributed by atoms with Crippen LogP contribution in [0.1, 0.15) is 59.8 Å². The molecule has 0 spiro atoms. The van der Waals surface area contributed by atoms with Gasteiger partial charge in [-0.05, 0) is 30.9 Å². The van der Waals surface area contributed by atoms with Gasteiger partial charge in [0.2, 0.25) is 16.9 Å². The van der Waals surface area contributed by atoms with E-state index in [-0.39, 0.29) is 34.1 Å². The Bertz CT molecular complexity index is 1550. The molecule has 0 radical (unpaired) electrons. The van der Waals surface area contributed by atoms with E-state index in [9.17, 15) is 14.4 Å². The van der Waals surface area contributed by atoms with E-state index >= 15 is 0 Å². The van der Waals surface area contributed by atoms with Gasteiger partial charge in [-0.1, -0.05) is 36.9 Å². The number of amides is 1. The topological polar surface area (TPSA) is 90.7 Å². The number of hydrogen-bond donors (Lipinski definition) is 0. The normalized spacial score (nSPS) is 20.2. The zero-order valence-electron chi connectivity index (χ0n) is 21.7. The van der Waals surface area contributed by atoms with Gasteiger partial charge in [0.25, 0.3) is 0 Å². The summed E-state index contributed by atoms with van der Waals surface area (Å²) in [6.45, 7) is 5.63. The summed E-state index contributed by atoms with van der Waals surface area (Å²) in [6, 6.07) is 3.53. The number of thioether (sulfide) groups is 1. The van der Waals surface area contributed by atoms with Crippen molar-refractivity contribution in [2.75, 3.05) is 27.0 Å². The zero-order chi connectivity index (χ0) is 26.6. The van der Waals surface area contributed by atoms with Crippen LogP contribution in [0.5, 0.6) is 11.5 Å². The molecule has 37 heavy (non-hydrogen) atoms. The molecular weight excluding hydrogens is 490 g/mol. The highest BCUT2D eigenvalue weighted by Crippen LogP contribution is 2.52. The molecule has 0 fully saturated rings. The van der Waals surface area contributed by atoms with Crippen molar-refractivity contribution in [3.63, 3.8) is 0 Å². The summed E-state index contributed by atoms with van der Waals surface area (Å²) in [4.78, 5) is 45.3. The highest BCUT2D eigenvalue weighted by Gasteiger charge is 2.44. The summed E-state index contributed by atoms with van der Waals surface area (Å²) in [7, 11) is 3.03. The van der Waals surface area contributed by atoms with E-state index in [0.717, 1.165) is 34.8 Å². The van der Waals surface area contributed by atoms with E-state index in [1.54, 1.807) is 19.2 Å². The van der Waals surface area contributed by atoms with Crippen molar-refractivity contribution in [3.05, 3.63) is 47.3 Å². The van der Waals surface area contributed by atoms with Crippen LogP contribution in [-0.4, -0.2) is 58.4 Å². The van der Waals surface area contributed by atoms with Gasteiger partial charge in [-0.15, -0.1) is 0 Å². The lowest BCUT2D eigenvalue weighted by molar-refractivity contribution is -0.133. The number of methoxy groups -OCH3 is 2. The number of ether oxygens (including phenoxy) is 2. The fraction of sp³-hybridized carbons (Fsp3) is 0.357. The van der Waals surface area contributed by atoms with E-state index in [1.165, 1.54) is 25.7 Å². The number of pyridine rings is 1. The maximum Gasteiger partial charge on any atom is 0.235 e. The summed E-state index contributed by atoms with van der Waals surface area (Å²) >= 11 is 1.04. The summed E-state index contributed by atoms with van der Waals surface area (Å²) in [5.41, 5.74) is 2.58. The highest BCUT2D eigenvalue weighted by atomic mass is 32.2. The fourth-order valence-electron chi connectivity index (χ4n) is 5.84. The molecule has 2 atom stereocenters. The second-order valence-corrected chi connectivity index (χ2v) is 10.1. The molecule has 2 aliphatic rings. The SMILES string of the molecule is CCC12C=CCN(C(C)=O)[C@H]1c1cc3c(nc1C=C2)c(OC)c(OC)c1c3cc(C(=O)SC)n1C(C)=O. The van der Waals surface area contributed by atoms with Crippen molar-refractivity contribution in [2.24, 2.45) is 5.41 Å². The lowest BCUT2D eigenvalue weighted by atomic mass is 9.68. The first kappa shape index (κ1) is 25.1. The Morgan fingerprint density at radius 3 is 2.41 bits per heavy atom. The minimum absolute atomic E-state index is 0.0124. The summed E-state index contributed by atoms with van der Waals surface area (Å²) in [5.74, 6) is 0.387. The zero-order valence-corrected chi connectivity index (χ0v) is 22.6. The predicted octanol–water partition coefficient (Wildman–Crippen LogP) is 5.25. The van der Waals surface area contributed by atoms with Gasteiger partial charge in [0.15, 0.2) is 11.5 Å². The number of rotatable bonds is 4. The Labute approximate surface area is 219 Å². The fourth-order valence-corrected chi connectivity index (χ4v) is 6.20. The molecule has 2 aromatic heterocycles. The van der Waals surface area contributed by atoms with Crippen LogP contribution in [0.2, 0.25) is 0 Å². The molecule has 1 aliphatic heterocycles. The van der Waals surface area contributed by atoms with Gasteiger partial charge in [-0.25, -0.2) is 4.98 Å². The Morgan fingerprint density at radius 1 is 1.08 bits per heavy atom. The molecule has 1 aliphatic carbocycles. The van der Waals surface area contributed by atoms with E-state index < -0.39 is 0 Å². The third-order valence-corrected chi connectivity index (χ3v) is 8.12. The third-order valence-electron chi connectivity index (χ3n) is 7.54. The predicted molar refractivity (Wildman–Crippen MR) is 146 cm³/mol. The molecule has 0 saturated heterocycles. The maximum absolute atomic E-state index is 12.9. The minimum Gasteiger partial charge on any atom is -0.491 e. The summed E-state index contributed by atoms with van der Waals surface area (Å²) in [6.07, 6.45) is 10.9. The second-order valence-electron chi connectivity index (χ2n) is 9.34. The molecule has 1 unspecified atom stereocenters. The van der Waals surface area contributed by atoms with Crippen LogP contribution in [0.15, 0.2) is 30.4 Å². The molecule has 5 rings (SSSR count). The lowest BCUT2D eigenvalue weighted by Crippen LogP contribution is -2.46. The molecule has 1 amide bonds. The average Bonchev–Trinajstić information content (AvgIpc) is 3.31. The van der Waals surface area contributed by atoms with Gasteiger partial charge in [0.05, 0.1) is 26.0 Å². The van der Waals surface area contributed by atoms with Gasteiger partial charge >= 0.3 is 0 Å². The number of carbonyl (C=O) groups is 3. The van der Waals surface area contributed by atoms with Crippen molar-refractivity contribution in [3.8, 4) is 11.5 Å². The molecule has 3 heterocycles. The molecule has 0 bridgehead atoms. The van der Waals surface area contributed by atoms with Crippen LogP contribution in [0.25, 0.3) is 27.9 Å². The van der Waals surface area contributed by atoms with Crippen LogP contribution < -0.4 is 9.47 Å². The molecule has 0 N–H and O–H groups in total. The Hall–Kier alpha value is -3.59. The van der Waals surface area contributed by atoms with Crippen molar-refractivity contribution in [2.45, 2.75) is 33.2 Å². The number of aromatic nitrogens is 2. The van der Waals surface area contributed by atoms with Gasteiger partial charge in [0.1, 0.15) is 16.7 Å². The molecule has 0 saturated carbocycles. The Morgan fingerprint density at radius 2 is 1.81 bits per heavy atom. The van der Waals surface area contributed by atoms with Gasteiger partial charge in [-0.2, -0.15) is 0 Å². The van der Waals surface area contributed by atoms with E-state index in [1.807, 2.05) is 23.1 Å². The standard InChI is InChI=1S/C28H29N3O5S/c1-7-28-10-8-12-30(15(2)32)26(28)19-13-17-18-14-21(27(34)37-6)31(16(3)33)23(18)25(36-5)24(35-4)22(17)29-20(19)9-11-28/h8-11,13-14,26H,7,12H2,1-6H3/t26-,28?/m0/s1. The van der Waals surface area contributed by atoms with Crippen LogP contribution in [0.4, 0.5) is 0 Å². The van der Waals surface area contributed by atoms with Crippen molar-refractivity contribution in [1.29, 1.82) is 0 Å². The number of hydrogen-bond acceptors (Lipinski definition) is 7. The summed E-state index contributed by atoms with van der Waals surface area (Å²) in [5, 5.41) is 1.15. The third kappa shape index (κ3) is 3.51. The highest BCUT2D eigenvalue weighted by molar-refractivity contribution is 8.13. The smallest absolute Gasteiger partial charge is 0.235 e. The van der Waals surface area contributed by atoms with Crippen LogP contribution in [0, 0.1) is 5.41 Å². The first-order valence-corrected chi connectivity index (χ1v) is 13.3. The van der Waals surface area contributed by atoms with Crippen LogP contribution in [0.3, 0.4) is 0 Å². The van der Waals surface area contributed by atoms with Gasteiger partial charge in [-0.3, -0.25) is 19.0 Å². The largest absolute Gasteiger partial charge is 0.491 e. The molecule has 192 valence electrons. The summed E-state index contributed by atoms with van der Waals surface area (Å²) < 4.78 is 12.9. The Kier molecular flexibility index (Phi) is 6.14. The maximum atomic E-state index is 12.9. The van der Waals surface area contributed by atoms with Crippen molar-refractivity contribution >= 4 is 56.6 Å². The molecular formula is C28H29N3O5S. The lowest BCUT2D eigenvalue weighted by Gasteiger charge is -2.47. The van der Waals surface area contributed by atoms with Gasteiger partial charge in [0, 0.05) is 42.1 Å². The second kappa shape index (κ2) is 9.06. The number of benzene rings is 1. The minimum atomic E-state index is -0.354. The Balaban J connectivity index is 1.94. The molecule has 3 aromatic rings. The van der Waals surface area contributed by atoms with Crippen LogP contribution >= 0.6 is 11.8 Å². The first-order chi connectivity index (χ1) is 17.7. The first-order valence-electron chi connectivity index (χ1n) is 12.1. The van der Waals surface area contributed by atoms with Gasteiger partial charge < -0.3 is 14.4 Å². The van der Waals surface area contributed by atoms with Crippen molar-refractivity contribution < 1.29 is 23.9 Å². The number of carbonyl (C=O) groups excluding carboxylic acids is 3. The van der Waals surface area contributed by atoms with E-state index in [4.69, 9.17) is 14.5 Å². The van der Waals surface area contributed by atoms with E-state index in [0.29, 0.717) is 34.5 Å². The molecule has 8 nitrogen and oxygen atoms in total.